The maximum Gasteiger partial charge on any atom is 0.266 e. The van der Waals surface area contributed by atoms with Crippen molar-refractivity contribution in [2.45, 2.75) is 31.7 Å². The van der Waals surface area contributed by atoms with Crippen LogP contribution in [-0.2, 0) is 4.79 Å². The van der Waals surface area contributed by atoms with Crippen molar-refractivity contribution in [3.8, 4) is 6.07 Å². The molecule has 0 heterocycles. The predicted molar refractivity (Wildman–Crippen MR) is 76.1 cm³/mol. The summed E-state index contributed by atoms with van der Waals surface area (Å²) < 4.78 is 0. The van der Waals surface area contributed by atoms with E-state index in [4.69, 9.17) is 5.26 Å². The van der Waals surface area contributed by atoms with Crippen LogP contribution in [0.5, 0.6) is 0 Å². The van der Waals surface area contributed by atoms with Gasteiger partial charge in [-0.1, -0.05) is 25.0 Å². The summed E-state index contributed by atoms with van der Waals surface area (Å²) >= 11 is 0. The van der Waals surface area contributed by atoms with Gasteiger partial charge in [0.25, 0.3) is 5.91 Å². The number of nitriles is 1. The fourth-order valence-corrected chi connectivity index (χ4v) is 2.16. The van der Waals surface area contributed by atoms with Crippen LogP contribution in [0.2, 0.25) is 0 Å². The molecule has 0 radical (unpaired) electrons. The van der Waals surface area contributed by atoms with Gasteiger partial charge in [-0.2, -0.15) is 5.26 Å². The number of nitrogens with one attached hydrogen (secondary N) is 1. The van der Waals surface area contributed by atoms with Gasteiger partial charge in [0.15, 0.2) is 0 Å². The Morgan fingerprint density at radius 2 is 1.89 bits per heavy atom. The van der Waals surface area contributed by atoms with Crippen molar-refractivity contribution in [1.82, 2.24) is 10.2 Å². The summed E-state index contributed by atoms with van der Waals surface area (Å²) in [6.45, 7) is 8.05. The van der Waals surface area contributed by atoms with Crippen LogP contribution in [0, 0.1) is 11.3 Å². The zero-order valence-corrected chi connectivity index (χ0v) is 11.3. The lowest BCUT2D eigenvalue weighted by molar-refractivity contribution is -0.125. The van der Waals surface area contributed by atoms with Gasteiger partial charge in [0.2, 0.25) is 0 Å². The van der Waals surface area contributed by atoms with Crippen molar-refractivity contribution in [2.75, 3.05) is 13.1 Å². The molecule has 0 aromatic rings. The molecule has 19 heavy (non-hydrogen) atoms. The highest BCUT2D eigenvalue weighted by atomic mass is 16.2. The average molecular weight is 259 g/mol. The Hall–Kier alpha value is -2.02. The molecule has 1 amide bonds. The topological polar surface area (TPSA) is 56.1 Å². The van der Waals surface area contributed by atoms with Gasteiger partial charge in [-0.3, -0.25) is 4.79 Å². The summed E-state index contributed by atoms with van der Waals surface area (Å²) in [5.41, 5.74) is 0.135. The molecule has 0 saturated heterocycles. The third-order valence-electron chi connectivity index (χ3n) is 3.16. The van der Waals surface area contributed by atoms with Crippen LogP contribution in [0.1, 0.15) is 25.7 Å². The molecule has 0 aromatic heterocycles. The van der Waals surface area contributed by atoms with Crippen LogP contribution in [0.3, 0.4) is 0 Å². The normalized spacial score (nSPS) is 15.6. The molecule has 1 aliphatic carbocycles. The van der Waals surface area contributed by atoms with E-state index in [1.807, 2.05) is 6.07 Å². The molecule has 1 fully saturated rings. The minimum absolute atomic E-state index is 0.135. The Labute approximate surface area is 115 Å². The molecule has 102 valence electrons. The molecule has 0 bridgehead atoms. The highest BCUT2D eigenvalue weighted by Crippen LogP contribution is 2.17. The molecule has 0 atom stereocenters. The van der Waals surface area contributed by atoms with Crippen molar-refractivity contribution < 1.29 is 4.79 Å². The van der Waals surface area contributed by atoms with E-state index in [-0.39, 0.29) is 11.5 Å². The first kappa shape index (κ1) is 15.0. The quantitative estimate of drug-likeness (QED) is 0.433. The molecule has 1 N–H and O–H groups in total. The zero-order chi connectivity index (χ0) is 14.1. The number of amides is 1. The molecule has 4 heteroatoms. The van der Waals surface area contributed by atoms with Crippen LogP contribution in [0.4, 0.5) is 0 Å². The maximum absolute atomic E-state index is 12.2. The lowest BCUT2D eigenvalue weighted by atomic mass is 10.2. The molecule has 0 aliphatic heterocycles. The van der Waals surface area contributed by atoms with Crippen molar-refractivity contribution >= 4 is 5.91 Å². The predicted octanol–water partition coefficient (Wildman–Crippen LogP) is 2.13. The van der Waals surface area contributed by atoms with Crippen LogP contribution < -0.4 is 5.32 Å². The summed E-state index contributed by atoms with van der Waals surface area (Å²) in [6.07, 6.45) is 9.46. The second-order valence-corrected chi connectivity index (χ2v) is 4.61. The summed E-state index contributed by atoms with van der Waals surface area (Å²) in [6, 6.07) is 2.35. The maximum atomic E-state index is 12.2. The van der Waals surface area contributed by atoms with Crippen LogP contribution >= 0.6 is 0 Å². The van der Waals surface area contributed by atoms with Crippen molar-refractivity contribution in [3.63, 3.8) is 0 Å². The number of carbonyl (C=O) groups excluding carboxylic acids is 1. The Bertz CT molecular complexity index is 390. The third kappa shape index (κ3) is 4.63. The Kier molecular flexibility index (Phi) is 6.45. The van der Waals surface area contributed by atoms with Crippen molar-refractivity contribution in [1.29, 1.82) is 5.26 Å². The molecule has 0 spiro atoms. The second-order valence-electron chi connectivity index (χ2n) is 4.61. The van der Waals surface area contributed by atoms with Crippen LogP contribution in [0.15, 0.2) is 37.1 Å². The Morgan fingerprint density at radius 1 is 1.32 bits per heavy atom. The minimum atomic E-state index is -0.284. The zero-order valence-electron chi connectivity index (χ0n) is 11.3. The average Bonchev–Trinajstić information content (AvgIpc) is 2.92. The van der Waals surface area contributed by atoms with Gasteiger partial charge in [0, 0.05) is 25.3 Å². The lowest BCUT2D eigenvalue weighted by Crippen LogP contribution is -2.33. The standard InChI is InChI=1S/C15H21N3O/c1-3-9-18(10-4-2)15(19)13(11-16)12-17-14-7-5-6-8-14/h3-4,12,14,17H,1-2,5-10H2/b13-12-. The number of hydrogen-bond acceptors (Lipinski definition) is 3. The molecule has 1 aliphatic rings. The first-order valence-electron chi connectivity index (χ1n) is 6.60. The van der Waals surface area contributed by atoms with E-state index in [0.717, 1.165) is 12.8 Å². The largest absolute Gasteiger partial charge is 0.387 e. The molecule has 0 unspecified atom stereocenters. The summed E-state index contributed by atoms with van der Waals surface area (Å²) in [7, 11) is 0. The summed E-state index contributed by atoms with van der Waals surface area (Å²) in [5, 5.41) is 12.3. The molecular formula is C15H21N3O. The molecule has 1 saturated carbocycles. The van der Waals surface area contributed by atoms with Gasteiger partial charge in [0.1, 0.15) is 11.6 Å². The van der Waals surface area contributed by atoms with Gasteiger partial charge >= 0.3 is 0 Å². The molecule has 1 rings (SSSR count). The smallest absolute Gasteiger partial charge is 0.266 e. The van der Waals surface area contributed by atoms with E-state index < -0.39 is 0 Å². The summed E-state index contributed by atoms with van der Waals surface area (Å²) in [5.74, 6) is -0.284. The van der Waals surface area contributed by atoms with Crippen molar-refractivity contribution in [3.05, 3.63) is 37.1 Å². The molecule has 4 nitrogen and oxygen atoms in total. The van der Waals surface area contributed by atoms with E-state index in [2.05, 4.69) is 18.5 Å². The second kappa shape index (κ2) is 8.15. The van der Waals surface area contributed by atoms with Gasteiger partial charge in [0.05, 0.1) is 0 Å². The number of rotatable bonds is 7. The van der Waals surface area contributed by atoms with Gasteiger partial charge in [-0.25, -0.2) is 0 Å². The van der Waals surface area contributed by atoms with Gasteiger partial charge < -0.3 is 10.2 Å². The Balaban J connectivity index is 2.67. The fraction of sp³-hybridized carbons (Fsp3) is 0.467. The lowest BCUT2D eigenvalue weighted by Gasteiger charge is -2.19. The van der Waals surface area contributed by atoms with Gasteiger partial charge in [-0.05, 0) is 12.8 Å². The summed E-state index contributed by atoms with van der Waals surface area (Å²) in [4.78, 5) is 13.7. The van der Waals surface area contributed by atoms with E-state index in [1.54, 1.807) is 18.4 Å². The third-order valence-corrected chi connectivity index (χ3v) is 3.16. The van der Waals surface area contributed by atoms with Gasteiger partial charge in [-0.15, -0.1) is 13.2 Å². The fourth-order valence-electron chi connectivity index (χ4n) is 2.16. The van der Waals surface area contributed by atoms with E-state index in [1.165, 1.54) is 17.7 Å². The Morgan fingerprint density at radius 3 is 2.37 bits per heavy atom. The monoisotopic (exact) mass is 259 g/mol. The van der Waals surface area contributed by atoms with Crippen LogP contribution in [0.25, 0.3) is 0 Å². The highest BCUT2D eigenvalue weighted by Gasteiger charge is 2.18. The highest BCUT2D eigenvalue weighted by molar-refractivity contribution is 5.97. The number of carbonyl (C=O) groups is 1. The first-order valence-corrected chi connectivity index (χ1v) is 6.60. The molecule has 0 aromatic carbocycles. The first-order chi connectivity index (χ1) is 9.22. The van der Waals surface area contributed by atoms with Crippen LogP contribution in [-0.4, -0.2) is 29.9 Å². The number of hydrogen-bond donors (Lipinski definition) is 1. The van der Waals surface area contributed by atoms with E-state index in [0.29, 0.717) is 19.1 Å². The SMILES string of the molecule is C=CCN(CC=C)C(=O)/C(C#N)=C\NC1CCCC1. The minimum Gasteiger partial charge on any atom is -0.387 e. The van der Waals surface area contributed by atoms with Crippen molar-refractivity contribution in [2.24, 2.45) is 0 Å². The molecular weight excluding hydrogens is 238 g/mol. The number of nitrogens with zero attached hydrogens (tertiary/aromatic N) is 2. The van der Waals surface area contributed by atoms with E-state index in [9.17, 15) is 4.79 Å². The van der Waals surface area contributed by atoms with E-state index >= 15 is 0 Å².